The van der Waals surface area contributed by atoms with Gasteiger partial charge < -0.3 is 5.11 Å². The van der Waals surface area contributed by atoms with E-state index in [4.69, 9.17) is 5.11 Å². The zero-order valence-electron chi connectivity index (χ0n) is 7.36. The standard InChI is InChI=1S/C9H15NO2/c1-3-4-10-5-8(6-10)7(2)9(11)12/h3,7-8H,1,4-6H2,2H3,(H,11,12). The molecule has 1 fully saturated rings. The van der Waals surface area contributed by atoms with E-state index >= 15 is 0 Å². The van der Waals surface area contributed by atoms with Gasteiger partial charge in [-0.15, -0.1) is 6.58 Å². The molecule has 0 bridgehead atoms. The van der Waals surface area contributed by atoms with Gasteiger partial charge in [0.2, 0.25) is 0 Å². The average Bonchev–Trinajstić information content (AvgIpc) is 1.94. The first-order chi connectivity index (χ1) is 5.65. The van der Waals surface area contributed by atoms with Gasteiger partial charge in [-0.2, -0.15) is 0 Å². The molecule has 1 saturated heterocycles. The first kappa shape index (κ1) is 9.26. The van der Waals surface area contributed by atoms with Crippen molar-refractivity contribution < 1.29 is 9.90 Å². The van der Waals surface area contributed by atoms with Gasteiger partial charge in [0.15, 0.2) is 0 Å². The fourth-order valence-electron chi connectivity index (χ4n) is 1.46. The molecule has 68 valence electrons. The normalized spacial score (nSPS) is 21.4. The van der Waals surface area contributed by atoms with Crippen LogP contribution in [0, 0.1) is 11.8 Å². The Morgan fingerprint density at radius 2 is 2.42 bits per heavy atom. The van der Waals surface area contributed by atoms with Gasteiger partial charge in [-0.1, -0.05) is 13.0 Å². The Labute approximate surface area is 72.7 Å². The molecule has 1 aliphatic rings. The maximum Gasteiger partial charge on any atom is 0.306 e. The molecule has 1 N–H and O–H groups in total. The van der Waals surface area contributed by atoms with E-state index in [9.17, 15) is 4.79 Å². The first-order valence-corrected chi connectivity index (χ1v) is 4.21. The van der Waals surface area contributed by atoms with Crippen LogP contribution in [0.2, 0.25) is 0 Å². The quantitative estimate of drug-likeness (QED) is 0.633. The zero-order chi connectivity index (χ0) is 9.14. The van der Waals surface area contributed by atoms with Gasteiger partial charge in [0, 0.05) is 19.6 Å². The third-order valence-electron chi connectivity index (χ3n) is 2.47. The SMILES string of the molecule is C=CCN1CC(C(C)C(=O)O)C1. The Kier molecular flexibility index (Phi) is 2.87. The minimum Gasteiger partial charge on any atom is -0.481 e. The Bertz CT molecular complexity index is 185. The molecule has 0 aliphatic carbocycles. The predicted molar refractivity (Wildman–Crippen MR) is 46.9 cm³/mol. The summed E-state index contributed by atoms with van der Waals surface area (Å²) < 4.78 is 0. The lowest BCUT2D eigenvalue weighted by Gasteiger charge is -2.40. The summed E-state index contributed by atoms with van der Waals surface area (Å²) in [6, 6.07) is 0. The molecule has 0 amide bonds. The highest BCUT2D eigenvalue weighted by atomic mass is 16.4. The van der Waals surface area contributed by atoms with Gasteiger partial charge in [-0.3, -0.25) is 9.69 Å². The van der Waals surface area contributed by atoms with Crippen molar-refractivity contribution in [3.05, 3.63) is 12.7 Å². The van der Waals surface area contributed by atoms with Crippen LogP contribution < -0.4 is 0 Å². The monoisotopic (exact) mass is 169 g/mol. The number of carboxylic acid groups (broad SMARTS) is 1. The third kappa shape index (κ3) is 1.85. The van der Waals surface area contributed by atoms with Gasteiger partial charge in [0.25, 0.3) is 0 Å². The van der Waals surface area contributed by atoms with E-state index in [1.165, 1.54) is 0 Å². The van der Waals surface area contributed by atoms with Crippen LogP contribution in [0.25, 0.3) is 0 Å². The van der Waals surface area contributed by atoms with Gasteiger partial charge in [0.05, 0.1) is 5.92 Å². The lowest BCUT2D eigenvalue weighted by atomic mass is 9.87. The molecule has 12 heavy (non-hydrogen) atoms. The van der Waals surface area contributed by atoms with Crippen molar-refractivity contribution in [2.45, 2.75) is 6.92 Å². The Balaban J connectivity index is 2.24. The Morgan fingerprint density at radius 1 is 1.83 bits per heavy atom. The highest BCUT2D eigenvalue weighted by Crippen LogP contribution is 2.23. The van der Waals surface area contributed by atoms with Gasteiger partial charge in [0.1, 0.15) is 0 Å². The van der Waals surface area contributed by atoms with Crippen molar-refractivity contribution in [1.82, 2.24) is 4.90 Å². The Hall–Kier alpha value is -0.830. The summed E-state index contributed by atoms with van der Waals surface area (Å²) >= 11 is 0. The van der Waals surface area contributed by atoms with E-state index in [2.05, 4.69) is 11.5 Å². The maximum atomic E-state index is 10.6. The minimum absolute atomic E-state index is 0.203. The van der Waals surface area contributed by atoms with Crippen molar-refractivity contribution >= 4 is 5.97 Å². The van der Waals surface area contributed by atoms with Crippen molar-refractivity contribution in [3.8, 4) is 0 Å². The summed E-state index contributed by atoms with van der Waals surface area (Å²) in [5, 5.41) is 8.69. The van der Waals surface area contributed by atoms with Crippen LogP contribution in [0.1, 0.15) is 6.92 Å². The number of hydrogen-bond donors (Lipinski definition) is 1. The molecule has 3 nitrogen and oxygen atoms in total. The molecule has 1 atom stereocenters. The topological polar surface area (TPSA) is 40.5 Å². The van der Waals surface area contributed by atoms with E-state index in [1.54, 1.807) is 6.92 Å². The number of rotatable bonds is 4. The van der Waals surface area contributed by atoms with E-state index in [0.717, 1.165) is 19.6 Å². The van der Waals surface area contributed by atoms with Crippen LogP contribution >= 0.6 is 0 Å². The van der Waals surface area contributed by atoms with Crippen LogP contribution in [0.3, 0.4) is 0 Å². The van der Waals surface area contributed by atoms with Crippen LogP contribution in [0.5, 0.6) is 0 Å². The van der Waals surface area contributed by atoms with E-state index in [0.29, 0.717) is 5.92 Å². The molecule has 0 aromatic carbocycles. The van der Waals surface area contributed by atoms with Crippen LogP contribution in [-0.2, 0) is 4.79 Å². The fourth-order valence-corrected chi connectivity index (χ4v) is 1.46. The van der Waals surface area contributed by atoms with E-state index in [-0.39, 0.29) is 5.92 Å². The number of carbonyl (C=O) groups is 1. The molecule has 0 saturated carbocycles. The van der Waals surface area contributed by atoms with Crippen molar-refractivity contribution in [3.63, 3.8) is 0 Å². The summed E-state index contributed by atoms with van der Waals surface area (Å²) in [5.41, 5.74) is 0. The van der Waals surface area contributed by atoms with Gasteiger partial charge in [-0.25, -0.2) is 0 Å². The smallest absolute Gasteiger partial charge is 0.306 e. The molecular formula is C9H15NO2. The van der Waals surface area contributed by atoms with E-state index in [1.807, 2.05) is 6.08 Å². The van der Waals surface area contributed by atoms with Crippen molar-refractivity contribution in [2.24, 2.45) is 11.8 Å². The van der Waals surface area contributed by atoms with E-state index < -0.39 is 5.97 Å². The second kappa shape index (κ2) is 3.72. The molecule has 0 spiro atoms. The van der Waals surface area contributed by atoms with Crippen LogP contribution in [0.4, 0.5) is 0 Å². The number of likely N-dealkylation sites (tertiary alicyclic amines) is 1. The summed E-state index contributed by atoms with van der Waals surface area (Å²) in [4.78, 5) is 12.8. The molecule has 1 unspecified atom stereocenters. The summed E-state index contributed by atoms with van der Waals surface area (Å²) in [5.74, 6) is -0.549. The molecule has 0 radical (unpaired) electrons. The fraction of sp³-hybridized carbons (Fsp3) is 0.667. The largest absolute Gasteiger partial charge is 0.481 e. The molecule has 0 aromatic rings. The average molecular weight is 169 g/mol. The van der Waals surface area contributed by atoms with Crippen molar-refractivity contribution in [1.29, 1.82) is 0 Å². The molecular weight excluding hydrogens is 154 g/mol. The predicted octanol–water partition coefficient (Wildman–Crippen LogP) is 0.825. The number of carboxylic acids is 1. The number of hydrogen-bond acceptors (Lipinski definition) is 2. The molecule has 1 heterocycles. The van der Waals surface area contributed by atoms with Crippen LogP contribution in [-0.4, -0.2) is 35.6 Å². The summed E-state index contributed by atoms with van der Waals surface area (Å²) in [7, 11) is 0. The highest BCUT2D eigenvalue weighted by molar-refractivity contribution is 5.70. The number of nitrogens with zero attached hydrogens (tertiary/aromatic N) is 1. The maximum absolute atomic E-state index is 10.6. The third-order valence-corrected chi connectivity index (χ3v) is 2.47. The second-order valence-corrected chi connectivity index (χ2v) is 3.39. The lowest BCUT2D eigenvalue weighted by molar-refractivity contribution is -0.145. The highest BCUT2D eigenvalue weighted by Gasteiger charge is 2.33. The summed E-state index contributed by atoms with van der Waals surface area (Å²) in [6.07, 6.45) is 1.85. The van der Waals surface area contributed by atoms with Crippen molar-refractivity contribution in [2.75, 3.05) is 19.6 Å². The number of aliphatic carboxylic acids is 1. The molecule has 1 aliphatic heterocycles. The van der Waals surface area contributed by atoms with Gasteiger partial charge in [-0.05, 0) is 5.92 Å². The Morgan fingerprint density at radius 3 is 2.83 bits per heavy atom. The molecule has 0 aromatic heterocycles. The second-order valence-electron chi connectivity index (χ2n) is 3.39. The first-order valence-electron chi connectivity index (χ1n) is 4.21. The van der Waals surface area contributed by atoms with Gasteiger partial charge >= 0.3 is 5.97 Å². The molecule has 3 heteroatoms. The minimum atomic E-state index is -0.682. The summed E-state index contributed by atoms with van der Waals surface area (Å²) in [6.45, 7) is 8.09. The van der Waals surface area contributed by atoms with Crippen LogP contribution in [0.15, 0.2) is 12.7 Å². The lowest BCUT2D eigenvalue weighted by Crippen LogP contribution is -2.50. The molecule has 1 rings (SSSR count). The zero-order valence-corrected chi connectivity index (χ0v) is 7.36.